The number of nitrogens with two attached hydrogens (primary N) is 1. The van der Waals surface area contributed by atoms with Crippen LogP contribution in [0, 0.1) is 0 Å². The molecule has 0 aliphatic heterocycles. The summed E-state index contributed by atoms with van der Waals surface area (Å²) >= 11 is 0. The molecule has 1 aromatic heterocycles. The van der Waals surface area contributed by atoms with Crippen LogP contribution < -0.4 is 5.73 Å². The Labute approximate surface area is 119 Å². The molecule has 1 atom stereocenters. The number of nitrogen functional groups attached to an aromatic ring is 1. The summed E-state index contributed by atoms with van der Waals surface area (Å²) in [6.07, 6.45) is 5.01. The average molecular weight is 271 g/mol. The minimum Gasteiger partial charge on any atom is -0.399 e. The summed E-state index contributed by atoms with van der Waals surface area (Å²) in [7, 11) is 0. The van der Waals surface area contributed by atoms with Crippen LogP contribution in [0.2, 0.25) is 0 Å². The minimum atomic E-state index is 0.0905. The highest BCUT2D eigenvalue weighted by molar-refractivity contribution is 5.93. The second-order valence-corrected chi connectivity index (χ2v) is 5.14. The number of Topliss-reactive ketones (excluding diaryl/α,β-unsaturated/α-hetero) is 1. The zero-order chi connectivity index (χ0) is 14.5. The fourth-order valence-corrected chi connectivity index (χ4v) is 2.29. The van der Waals surface area contributed by atoms with Crippen LogP contribution in [0.15, 0.2) is 36.7 Å². The van der Waals surface area contributed by atoms with Gasteiger partial charge in [-0.2, -0.15) is 0 Å². The summed E-state index contributed by atoms with van der Waals surface area (Å²) in [5.74, 6) is 0.816. The van der Waals surface area contributed by atoms with Crippen LogP contribution in [0.1, 0.15) is 48.8 Å². The molecule has 0 saturated heterocycles. The second kappa shape index (κ2) is 6.37. The van der Waals surface area contributed by atoms with Gasteiger partial charge in [0, 0.05) is 31.0 Å². The highest BCUT2D eigenvalue weighted by Crippen LogP contribution is 2.22. The normalized spacial score (nSPS) is 12.3. The first kappa shape index (κ1) is 14.3. The van der Waals surface area contributed by atoms with Gasteiger partial charge in [-0.05, 0) is 30.0 Å². The summed E-state index contributed by atoms with van der Waals surface area (Å²) in [5, 5.41) is 0. The lowest BCUT2D eigenvalue weighted by Crippen LogP contribution is -2.12. The summed E-state index contributed by atoms with van der Waals surface area (Å²) in [6.45, 7) is 4.97. The molecule has 0 saturated carbocycles. The summed E-state index contributed by atoms with van der Waals surface area (Å²) < 4.78 is 1.93. The Bertz CT molecular complexity index is 572. The molecular weight excluding hydrogens is 250 g/mol. The van der Waals surface area contributed by atoms with Gasteiger partial charge in [0.1, 0.15) is 0 Å². The first-order chi connectivity index (χ1) is 9.61. The Balaban J connectivity index is 2.07. The van der Waals surface area contributed by atoms with E-state index in [0.29, 0.717) is 12.2 Å². The van der Waals surface area contributed by atoms with Crippen molar-refractivity contribution >= 4 is 11.5 Å². The van der Waals surface area contributed by atoms with Crippen LogP contribution in [0.3, 0.4) is 0 Å². The van der Waals surface area contributed by atoms with Gasteiger partial charge in [0.2, 0.25) is 0 Å². The largest absolute Gasteiger partial charge is 0.399 e. The molecule has 0 aliphatic carbocycles. The van der Waals surface area contributed by atoms with Crippen molar-refractivity contribution in [3.8, 4) is 0 Å². The van der Waals surface area contributed by atoms with Crippen molar-refractivity contribution in [2.45, 2.75) is 39.2 Å². The van der Waals surface area contributed by atoms with Gasteiger partial charge in [0.25, 0.3) is 0 Å². The maximum Gasteiger partial charge on any atom is 0.198 e. The maximum atomic E-state index is 12.3. The highest BCUT2D eigenvalue weighted by atomic mass is 16.1. The van der Waals surface area contributed by atoms with E-state index in [1.54, 1.807) is 6.20 Å². The Morgan fingerprint density at radius 3 is 2.70 bits per heavy atom. The van der Waals surface area contributed by atoms with Crippen molar-refractivity contribution in [2.24, 2.45) is 0 Å². The predicted molar refractivity (Wildman–Crippen MR) is 80.7 cm³/mol. The smallest absolute Gasteiger partial charge is 0.198 e. The molecule has 0 fully saturated rings. The molecule has 0 aliphatic rings. The van der Waals surface area contributed by atoms with Crippen LogP contribution in [-0.4, -0.2) is 15.3 Å². The number of ketones is 1. The van der Waals surface area contributed by atoms with E-state index < -0.39 is 0 Å². The molecule has 0 spiro atoms. The highest BCUT2D eigenvalue weighted by Gasteiger charge is 2.17. The zero-order valence-corrected chi connectivity index (χ0v) is 12.0. The predicted octanol–water partition coefficient (Wildman–Crippen LogP) is 3.25. The van der Waals surface area contributed by atoms with Gasteiger partial charge in [-0.1, -0.05) is 26.0 Å². The van der Waals surface area contributed by atoms with Crippen molar-refractivity contribution in [1.82, 2.24) is 9.55 Å². The Morgan fingerprint density at radius 1 is 1.35 bits per heavy atom. The van der Waals surface area contributed by atoms with Gasteiger partial charge in [-0.15, -0.1) is 0 Å². The van der Waals surface area contributed by atoms with E-state index in [9.17, 15) is 4.79 Å². The number of carbonyl (C=O) groups is 1. The minimum absolute atomic E-state index is 0.0905. The van der Waals surface area contributed by atoms with Crippen molar-refractivity contribution in [1.29, 1.82) is 0 Å². The summed E-state index contributed by atoms with van der Waals surface area (Å²) in [5.41, 5.74) is 7.55. The lowest BCUT2D eigenvalue weighted by atomic mass is 9.95. The number of hydrogen-bond donors (Lipinski definition) is 1. The molecule has 0 bridgehead atoms. The number of imidazole rings is 1. The lowest BCUT2D eigenvalue weighted by Gasteiger charge is -2.12. The van der Waals surface area contributed by atoms with E-state index in [1.807, 2.05) is 35.0 Å². The number of rotatable bonds is 6. The number of nitrogens with zero attached hydrogens (tertiary/aromatic N) is 2. The van der Waals surface area contributed by atoms with E-state index in [4.69, 9.17) is 5.73 Å². The molecule has 106 valence electrons. The Hall–Kier alpha value is -2.10. The first-order valence-electron chi connectivity index (χ1n) is 7.01. The number of benzene rings is 1. The number of carbonyl (C=O) groups excluding carboxylic acids is 1. The van der Waals surface area contributed by atoms with E-state index in [-0.39, 0.29) is 11.7 Å². The van der Waals surface area contributed by atoms with Crippen LogP contribution in [0.4, 0.5) is 5.69 Å². The second-order valence-electron chi connectivity index (χ2n) is 5.14. The molecule has 20 heavy (non-hydrogen) atoms. The van der Waals surface area contributed by atoms with Crippen molar-refractivity contribution in [2.75, 3.05) is 5.73 Å². The third kappa shape index (κ3) is 3.26. The quantitative estimate of drug-likeness (QED) is 0.648. The van der Waals surface area contributed by atoms with Crippen LogP contribution >= 0.6 is 0 Å². The molecule has 0 amide bonds. The van der Waals surface area contributed by atoms with Crippen LogP contribution in [0.5, 0.6) is 0 Å². The monoisotopic (exact) mass is 271 g/mol. The average Bonchev–Trinajstić information content (AvgIpc) is 2.88. The lowest BCUT2D eigenvalue weighted by molar-refractivity contribution is 0.0961. The molecule has 2 rings (SSSR count). The standard InChI is InChI=1S/C16H21N3O/c1-3-9-19-10-8-18-16(19)15(20)11-12(2)13-4-6-14(17)7-5-13/h4-8,10,12H,3,9,11,17H2,1-2H3. The topological polar surface area (TPSA) is 60.9 Å². The van der Waals surface area contributed by atoms with Gasteiger partial charge in [0.05, 0.1) is 0 Å². The molecule has 4 nitrogen and oxygen atoms in total. The first-order valence-corrected chi connectivity index (χ1v) is 7.01. The van der Waals surface area contributed by atoms with Crippen molar-refractivity contribution in [3.63, 3.8) is 0 Å². The van der Waals surface area contributed by atoms with Gasteiger partial charge in [-0.25, -0.2) is 4.98 Å². The van der Waals surface area contributed by atoms with E-state index in [1.165, 1.54) is 0 Å². The number of aromatic nitrogens is 2. The molecular formula is C16H21N3O. The van der Waals surface area contributed by atoms with E-state index in [0.717, 1.165) is 24.2 Å². The van der Waals surface area contributed by atoms with Gasteiger partial charge in [0.15, 0.2) is 11.6 Å². The van der Waals surface area contributed by atoms with Crippen molar-refractivity contribution < 1.29 is 4.79 Å². The third-order valence-corrected chi connectivity index (χ3v) is 3.43. The molecule has 2 aromatic rings. The number of aryl methyl sites for hydroxylation is 1. The molecule has 1 aromatic carbocycles. The molecule has 0 radical (unpaired) electrons. The fourth-order valence-electron chi connectivity index (χ4n) is 2.29. The van der Waals surface area contributed by atoms with E-state index in [2.05, 4.69) is 18.8 Å². The van der Waals surface area contributed by atoms with Gasteiger partial charge < -0.3 is 10.3 Å². The molecule has 1 unspecified atom stereocenters. The third-order valence-electron chi connectivity index (χ3n) is 3.43. The van der Waals surface area contributed by atoms with Gasteiger partial charge in [-0.3, -0.25) is 4.79 Å². The van der Waals surface area contributed by atoms with Gasteiger partial charge >= 0.3 is 0 Å². The molecule has 1 heterocycles. The SMILES string of the molecule is CCCn1ccnc1C(=O)CC(C)c1ccc(N)cc1. The van der Waals surface area contributed by atoms with Crippen LogP contribution in [0.25, 0.3) is 0 Å². The van der Waals surface area contributed by atoms with Crippen molar-refractivity contribution in [3.05, 3.63) is 48.0 Å². The zero-order valence-electron chi connectivity index (χ0n) is 12.0. The number of hydrogen-bond acceptors (Lipinski definition) is 3. The Morgan fingerprint density at radius 2 is 2.05 bits per heavy atom. The number of anilines is 1. The van der Waals surface area contributed by atoms with E-state index >= 15 is 0 Å². The Kier molecular flexibility index (Phi) is 4.56. The van der Waals surface area contributed by atoms with Crippen LogP contribution in [-0.2, 0) is 6.54 Å². The summed E-state index contributed by atoms with van der Waals surface area (Å²) in [4.78, 5) is 16.5. The molecule has 2 N–H and O–H groups in total. The molecule has 4 heteroatoms. The maximum absolute atomic E-state index is 12.3. The summed E-state index contributed by atoms with van der Waals surface area (Å²) in [6, 6.07) is 7.69. The fraction of sp³-hybridized carbons (Fsp3) is 0.375.